The number of nitrogens with one attached hydrogen (secondary N) is 1. The molecule has 2 amide bonds. The Morgan fingerprint density at radius 3 is 2.50 bits per heavy atom. The molecule has 4 heteroatoms. The quantitative estimate of drug-likeness (QED) is 0.771. The number of urea groups is 1. The predicted molar refractivity (Wildman–Crippen MR) is 71.6 cm³/mol. The maximum absolute atomic E-state index is 12.6. The molecule has 2 unspecified atom stereocenters. The highest BCUT2D eigenvalue weighted by Crippen LogP contribution is 2.26. The number of hydrogen-bond donors (Lipinski definition) is 1. The van der Waals surface area contributed by atoms with E-state index in [2.05, 4.69) is 15.1 Å². The van der Waals surface area contributed by atoms with Crippen molar-refractivity contribution in [2.75, 3.05) is 26.2 Å². The Morgan fingerprint density at radius 2 is 1.78 bits per heavy atom. The van der Waals surface area contributed by atoms with Gasteiger partial charge in [-0.15, -0.1) is 0 Å². The van der Waals surface area contributed by atoms with Crippen LogP contribution in [0.4, 0.5) is 4.79 Å². The van der Waals surface area contributed by atoms with E-state index in [4.69, 9.17) is 0 Å². The summed E-state index contributed by atoms with van der Waals surface area (Å²) in [5, 5.41) is 3.57. The molecule has 0 spiro atoms. The van der Waals surface area contributed by atoms with E-state index in [9.17, 15) is 4.79 Å². The smallest absolute Gasteiger partial charge is 0.320 e. The van der Waals surface area contributed by atoms with Gasteiger partial charge in [0.05, 0.1) is 0 Å². The summed E-state index contributed by atoms with van der Waals surface area (Å²) in [6.45, 7) is 4.05. The van der Waals surface area contributed by atoms with Crippen LogP contribution in [0.2, 0.25) is 0 Å². The fraction of sp³-hybridized carbons (Fsp3) is 0.929. The zero-order valence-electron chi connectivity index (χ0n) is 11.2. The third-order valence-electron chi connectivity index (χ3n) is 4.73. The average molecular weight is 251 g/mol. The van der Waals surface area contributed by atoms with Gasteiger partial charge in [-0.2, -0.15) is 0 Å². The Balaban J connectivity index is 1.63. The fourth-order valence-electron chi connectivity index (χ4n) is 3.76. The molecule has 3 aliphatic rings. The minimum atomic E-state index is 0.311. The van der Waals surface area contributed by atoms with Gasteiger partial charge in [0.25, 0.3) is 0 Å². The van der Waals surface area contributed by atoms with Crippen molar-refractivity contribution in [1.82, 2.24) is 15.1 Å². The third-order valence-corrected chi connectivity index (χ3v) is 4.73. The van der Waals surface area contributed by atoms with Crippen LogP contribution in [-0.2, 0) is 0 Å². The largest absolute Gasteiger partial charge is 0.325 e. The van der Waals surface area contributed by atoms with Gasteiger partial charge >= 0.3 is 6.03 Å². The molecule has 18 heavy (non-hydrogen) atoms. The van der Waals surface area contributed by atoms with Gasteiger partial charge in [-0.3, -0.25) is 0 Å². The van der Waals surface area contributed by atoms with Crippen LogP contribution >= 0.6 is 0 Å². The minimum Gasteiger partial charge on any atom is -0.325 e. The highest BCUT2D eigenvalue weighted by Gasteiger charge is 2.37. The van der Waals surface area contributed by atoms with Crippen molar-refractivity contribution in [3.8, 4) is 0 Å². The summed E-state index contributed by atoms with van der Waals surface area (Å²) in [7, 11) is 0. The summed E-state index contributed by atoms with van der Waals surface area (Å²) in [6.07, 6.45) is 8.55. The molecule has 0 aromatic carbocycles. The molecule has 0 aromatic heterocycles. The molecule has 3 heterocycles. The van der Waals surface area contributed by atoms with Gasteiger partial charge < -0.3 is 15.1 Å². The van der Waals surface area contributed by atoms with E-state index in [0.29, 0.717) is 18.1 Å². The first kappa shape index (κ1) is 12.3. The van der Waals surface area contributed by atoms with Gasteiger partial charge in [0.1, 0.15) is 0 Å². The second-order valence-electron chi connectivity index (χ2n) is 5.94. The van der Waals surface area contributed by atoms with Gasteiger partial charge in [0.15, 0.2) is 0 Å². The van der Waals surface area contributed by atoms with Gasteiger partial charge in [-0.25, -0.2) is 4.79 Å². The number of amides is 2. The standard InChI is InChI=1S/C14H25N3O/c18-14(16-9-2-1-3-10-16)17-11-5-7-13(17)12-6-4-8-15-12/h12-13,15H,1-11H2. The zero-order chi connectivity index (χ0) is 12.4. The molecule has 0 aliphatic carbocycles. The number of rotatable bonds is 1. The average Bonchev–Trinajstić information content (AvgIpc) is 3.09. The Hall–Kier alpha value is -0.770. The fourth-order valence-corrected chi connectivity index (χ4v) is 3.76. The molecule has 3 aliphatic heterocycles. The molecule has 3 rings (SSSR count). The van der Waals surface area contributed by atoms with Gasteiger partial charge in [0, 0.05) is 31.7 Å². The highest BCUT2D eigenvalue weighted by molar-refractivity contribution is 5.75. The summed E-state index contributed by atoms with van der Waals surface area (Å²) in [4.78, 5) is 16.8. The third kappa shape index (κ3) is 2.35. The Kier molecular flexibility index (Phi) is 3.73. The molecule has 4 nitrogen and oxygen atoms in total. The van der Waals surface area contributed by atoms with Gasteiger partial charge in [-0.1, -0.05) is 0 Å². The van der Waals surface area contributed by atoms with Crippen LogP contribution in [0.5, 0.6) is 0 Å². The molecule has 1 N–H and O–H groups in total. The lowest BCUT2D eigenvalue weighted by Gasteiger charge is -2.36. The van der Waals surface area contributed by atoms with Crippen LogP contribution in [-0.4, -0.2) is 54.1 Å². The molecule has 0 radical (unpaired) electrons. The summed E-state index contributed by atoms with van der Waals surface area (Å²) < 4.78 is 0. The Morgan fingerprint density at radius 1 is 0.944 bits per heavy atom. The second kappa shape index (κ2) is 5.47. The van der Waals surface area contributed by atoms with Crippen molar-refractivity contribution >= 4 is 6.03 Å². The number of hydrogen-bond acceptors (Lipinski definition) is 2. The van der Waals surface area contributed by atoms with Crippen LogP contribution in [0.25, 0.3) is 0 Å². The van der Waals surface area contributed by atoms with Crippen LogP contribution in [0.15, 0.2) is 0 Å². The molecule has 2 atom stereocenters. The van der Waals surface area contributed by atoms with Crippen molar-refractivity contribution < 1.29 is 4.79 Å². The SMILES string of the molecule is O=C(N1CCCCC1)N1CCCC1C1CCCN1. The molecular weight excluding hydrogens is 226 g/mol. The van der Waals surface area contributed by atoms with Crippen molar-refractivity contribution in [2.24, 2.45) is 0 Å². The topological polar surface area (TPSA) is 35.6 Å². The molecular formula is C14H25N3O. The maximum atomic E-state index is 12.6. The monoisotopic (exact) mass is 251 g/mol. The lowest BCUT2D eigenvalue weighted by Crippen LogP contribution is -2.52. The summed E-state index contributed by atoms with van der Waals surface area (Å²) >= 11 is 0. The first-order valence-corrected chi connectivity index (χ1v) is 7.65. The molecule has 3 saturated heterocycles. The lowest BCUT2D eigenvalue weighted by molar-refractivity contribution is 0.132. The van der Waals surface area contributed by atoms with E-state index in [-0.39, 0.29) is 0 Å². The Bertz CT molecular complexity index is 295. The minimum absolute atomic E-state index is 0.311. The molecule has 0 bridgehead atoms. The van der Waals surface area contributed by atoms with Crippen molar-refractivity contribution in [2.45, 2.75) is 57.0 Å². The molecule has 0 saturated carbocycles. The van der Waals surface area contributed by atoms with Gasteiger partial charge in [0.2, 0.25) is 0 Å². The van der Waals surface area contributed by atoms with E-state index in [0.717, 1.165) is 26.2 Å². The summed E-state index contributed by atoms with van der Waals surface area (Å²) in [5.41, 5.74) is 0. The van der Waals surface area contributed by atoms with Crippen LogP contribution in [0.1, 0.15) is 44.9 Å². The second-order valence-corrected chi connectivity index (χ2v) is 5.94. The molecule has 102 valence electrons. The van der Waals surface area contributed by atoms with E-state index in [1.165, 1.54) is 44.9 Å². The van der Waals surface area contributed by atoms with E-state index in [1.54, 1.807) is 0 Å². The first-order valence-electron chi connectivity index (χ1n) is 7.65. The number of nitrogens with zero attached hydrogens (tertiary/aromatic N) is 2. The van der Waals surface area contributed by atoms with Crippen LogP contribution in [0.3, 0.4) is 0 Å². The molecule has 3 fully saturated rings. The van der Waals surface area contributed by atoms with Crippen LogP contribution < -0.4 is 5.32 Å². The Labute approximate surface area is 110 Å². The van der Waals surface area contributed by atoms with E-state index in [1.807, 2.05) is 0 Å². The predicted octanol–water partition coefficient (Wildman–Crippen LogP) is 1.81. The van der Waals surface area contributed by atoms with E-state index < -0.39 is 0 Å². The summed E-state index contributed by atoms with van der Waals surface area (Å²) in [5.74, 6) is 0. The first-order chi connectivity index (χ1) is 8.86. The van der Waals surface area contributed by atoms with Crippen molar-refractivity contribution in [3.63, 3.8) is 0 Å². The van der Waals surface area contributed by atoms with Crippen molar-refractivity contribution in [3.05, 3.63) is 0 Å². The highest BCUT2D eigenvalue weighted by atomic mass is 16.2. The normalized spacial score (nSPS) is 33.1. The van der Waals surface area contributed by atoms with E-state index >= 15 is 0 Å². The number of likely N-dealkylation sites (tertiary alicyclic amines) is 2. The zero-order valence-corrected chi connectivity index (χ0v) is 11.2. The van der Waals surface area contributed by atoms with Crippen LogP contribution in [0, 0.1) is 0 Å². The number of carbonyl (C=O) groups excluding carboxylic acids is 1. The molecule has 0 aromatic rings. The maximum Gasteiger partial charge on any atom is 0.320 e. The van der Waals surface area contributed by atoms with Crippen molar-refractivity contribution in [1.29, 1.82) is 0 Å². The summed E-state index contributed by atoms with van der Waals surface area (Å²) in [6, 6.07) is 1.33. The number of carbonyl (C=O) groups is 1. The lowest BCUT2D eigenvalue weighted by atomic mass is 10.0. The number of piperidine rings is 1. The van der Waals surface area contributed by atoms with Gasteiger partial charge in [-0.05, 0) is 51.5 Å².